The smallest absolute Gasteiger partial charge is 0.373 e. The third-order valence-corrected chi connectivity index (χ3v) is 4.22. The largest absolute Gasteiger partial charge is 0.494 e. The molecule has 76 valence electrons. The molecule has 4 aliphatic rings. The van der Waals surface area contributed by atoms with Crippen LogP contribution in [0.25, 0.3) is 0 Å². The Kier molecular flexibility index (Phi) is 1.50. The number of aliphatic hydroxyl groups excluding tert-OH is 1. The number of quaternary nitrogens is 1. The monoisotopic (exact) mass is 195 g/mol. The van der Waals surface area contributed by atoms with Crippen LogP contribution in [0.2, 0.25) is 0 Å². The van der Waals surface area contributed by atoms with E-state index < -0.39 is 0 Å². The molecule has 0 saturated carbocycles. The van der Waals surface area contributed by atoms with Gasteiger partial charge in [0, 0.05) is 18.8 Å². The third-order valence-electron chi connectivity index (χ3n) is 4.22. The van der Waals surface area contributed by atoms with Crippen molar-refractivity contribution in [2.24, 2.45) is 11.1 Å². The van der Waals surface area contributed by atoms with Crippen molar-refractivity contribution in [1.29, 1.82) is 0 Å². The van der Waals surface area contributed by atoms with Gasteiger partial charge in [0.2, 0.25) is 5.90 Å². The van der Waals surface area contributed by atoms with Crippen LogP contribution in [0.1, 0.15) is 19.3 Å². The highest BCUT2D eigenvalue weighted by Crippen LogP contribution is 2.45. The molecule has 1 spiro atoms. The number of rotatable bonds is 0. The van der Waals surface area contributed by atoms with Crippen molar-refractivity contribution in [3.8, 4) is 0 Å². The molecule has 0 amide bonds. The van der Waals surface area contributed by atoms with Gasteiger partial charge in [-0.1, -0.05) is 5.16 Å². The normalized spacial score (nSPS) is 50.6. The molecule has 2 bridgehead atoms. The molecule has 4 nitrogen and oxygen atoms in total. The zero-order chi connectivity index (χ0) is 9.81. The summed E-state index contributed by atoms with van der Waals surface area (Å²) in [5.74, 6) is 0.793. The number of nitrogens with zero attached hydrogens (tertiary/aromatic N) is 2. The highest BCUT2D eigenvalue weighted by atomic mass is 16.7. The first-order chi connectivity index (χ1) is 6.62. The zero-order valence-electron chi connectivity index (χ0n) is 8.57. The summed E-state index contributed by atoms with van der Waals surface area (Å²) < 4.78 is 1.10. The lowest BCUT2D eigenvalue weighted by Crippen LogP contribution is -2.68. The van der Waals surface area contributed by atoms with E-state index in [0.717, 1.165) is 10.9 Å². The van der Waals surface area contributed by atoms with Crippen molar-refractivity contribution in [3.05, 3.63) is 0 Å². The minimum absolute atomic E-state index is 0.157. The second-order valence-corrected chi connectivity index (χ2v) is 5.34. The van der Waals surface area contributed by atoms with Crippen LogP contribution in [0.15, 0.2) is 5.16 Å². The molecule has 4 heterocycles. The number of hydrogen-bond donors (Lipinski definition) is 1. The molecule has 0 aromatic heterocycles. The highest BCUT2D eigenvalue weighted by molar-refractivity contribution is 5.97. The van der Waals surface area contributed by atoms with Crippen molar-refractivity contribution in [2.45, 2.75) is 24.9 Å². The molecule has 0 aromatic rings. The van der Waals surface area contributed by atoms with Gasteiger partial charge in [-0.05, 0) is 0 Å². The van der Waals surface area contributed by atoms with Gasteiger partial charge >= 0.3 is 7.98 Å². The molecule has 3 fully saturated rings. The number of oxime groups is 1. The Labute approximate surface area is 84.5 Å². The maximum Gasteiger partial charge on any atom is 0.373 e. The quantitative estimate of drug-likeness (QED) is 0.544. The third kappa shape index (κ3) is 1.02. The molecule has 1 atom stereocenters. The molecular formula is C9H16BN2O2+. The van der Waals surface area contributed by atoms with E-state index in [1.165, 1.54) is 25.9 Å². The Morgan fingerprint density at radius 2 is 2.21 bits per heavy atom. The van der Waals surface area contributed by atoms with E-state index >= 15 is 0 Å². The summed E-state index contributed by atoms with van der Waals surface area (Å²) in [7, 11) is 2.29. The van der Waals surface area contributed by atoms with Crippen LogP contribution >= 0.6 is 0 Å². The van der Waals surface area contributed by atoms with Gasteiger partial charge in [0.25, 0.3) is 0 Å². The van der Waals surface area contributed by atoms with Gasteiger partial charge in [0.1, 0.15) is 6.54 Å². The summed E-state index contributed by atoms with van der Waals surface area (Å²) in [4.78, 5) is 5.52. The summed E-state index contributed by atoms with van der Waals surface area (Å²) in [5, 5.41) is 13.1. The van der Waals surface area contributed by atoms with Crippen LogP contribution in [0.4, 0.5) is 0 Å². The van der Waals surface area contributed by atoms with E-state index in [4.69, 9.17) is 4.84 Å². The zero-order valence-corrected chi connectivity index (χ0v) is 8.57. The molecule has 1 N–H and O–H groups in total. The highest BCUT2D eigenvalue weighted by Gasteiger charge is 2.57. The fourth-order valence-electron chi connectivity index (χ4n) is 3.43. The van der Waals surface area contributed by atoms with Gasteiger partial charge in [-0.3, -0.25) is 0 Å². The van der Waals surface area contributed by atoms with Crippen molar-refractivity contribution in [2.75, 3.05) is 19.6 Å². The van der Waals surface area contributed by atoms with Crippen molar-refractivity contribution in [3.63, 3.8) is 0 Å². The van der Waals surface area contributed by atoms with E-state index in [2.05, 4.69) is 13.1 Å². The number of fused-ring (bicyclic) bond motifs is 2. The van der Waals surface area contributed by atoms with Crippen molar-refractivity contribution < 1.29 is 14.3 Å². The van der Waals surface area contributed by atoms with Crippen LogP contribution < -0.4 is 0 Å². The van der Waals surface area contributed by atoms with Gasteiger partial charge in [0.05, 0.1) is 19.5 Å². The Morgan fingerprint density at radius 3 is 2.71 bits per heavy atom. The van der Waals surface area contributed by atoms with Gasteiger partial charge < -0.3 is 14.3 Å². The van der Waals surface area contributed by atoms with Crippen LogP contribution in [-0.2, 0) is 4.84 Å². The first kappa shape index (κ1) is 8.59. The number of piperidine rings is 3. The molecule has 4 aliphatic heterocycles. The second kappa shape index (κ2) is 2.45. The fraction of sp³-hybridized carbons (Fsp3) is 0.889. The van der Waals surface area contributed by atoms with Crippen LogP contribution in [0.3, 0.4) is 0 Å². The Bertz CT molecular complexity index is 299. The second-order valence-electron chi connectivity index (χ2n) is 5.34. The summed E-state index contributed by atoms with van der Waals surface area (Å²) >= 11 is 0. The van der Waals surface area contributed by atoms with Crippen LogP contribution in [0, 0.1) is 5.92 Å². The molecule has 0 aliphatic carbocycles. The number of aliphatic hydroxyl groups is 1. The summed E-state index contributed by atoms with van der Waals surface area (Å²) in [5.41, 5.74) is -0.157. The lowest BCUT2D eigenvalue weighted by Gasteiger charge is -2.55. The van der Waals surface area contributed by atoms with E-state index in [-0.39, 0.29) is 11.5 Å². The summed E-state index contributed by atoms with van der Waals surface area (Å²) in [6, 6.07) is 0. The predicted octanol–water partition coefficient (Wildman–Crippen LogP) is -0.194. The van der Waals surface area contributed by atoms with Crippen molar-refractivity contribution in [1.82, 2.24) is 0 Å². The molecule has 3 saturated heterocycles. The molecule has 1 unspecified atom stereocenters. The Hall–Kier alpha value is -0.705. The molecule has 0 radical (unpaired) electrons. The van der Waals surface area contributed by atoms with Gasteiger partial charge in [-0.15, -0.1) is 0 Å². The lowest BCUT2D eigenvalue weighted by molar-refractivity contribution is -0.846. The number of hydrogen-bond acceptors (Lipinski definition) is 2. The Morgan fingerprint density at radius 1 is 1.50 bits per heavy atom. The minimum Gasteiger partial charge on any atom is -0.494 e. The standard InChI is InChI=1S/C9H15BN2O2/c10-12-3-1-7(2-4-12)9(6-12)5-8(13)11-14-9/h7H,1-6,10H2/p+1. The van der Waals surface area contributed by atoms with Gasteiger partial charge in [-0.25, -0.2) is 0 Å². The van der Waals surface area contributed by atoms with E-state index in [0.29, 0.717) is 12.3 Å². The maximum atomic E-state index is 9.38. The van der Waals surface area contributed by atoms with Crippen molar-refractivity contribution >= 4 is 13.9 Å². The average molecular weight is 195 g/mol. The fourth-order valence-corrected chi connectivity index (χ4v) is 3.43. The first-order valence-corrected chi connectivity index (χ1v) is 5.40. The lowest BCUT2D eigenvalue weighted by atomic mass is 9.70. The summed E-state index contributed by atoms with van der Waals surface area (Å²) in [6.07, 6.45) is 3.07. The van der Waals surface area contributed by atoms with Crippen LogP contribution in [0.5, 0.6) is 0 Å². The van der Waals surface area contributed by atoms with E-state index in [1.54, 1.807) is 0 Å². The Balaban J connectivity index is 1.89. The van der Waals surface area contributed by atoms with E-state index in [1.807, 2.05) is 0 Å². The topological polar surface area (TPSA) is 41.8 Å². The molecule has 5 heteroatoms. The predicted molar refractivity (Wildman–Crippen MR) is 54.6 cm³/mol. The average Bonchev–Trinajstić information content (AvgIpc) is 2.47. The minimum atomic E-state index is -0.157. The first-order valence-electron chi connectivity index (χ1n) is 5.40. The SMILES string of the molecule is B[N+]12CCC(CC1)C1(CC(O)=NO1)C2. The molecule has 4 rings (SSSR count). The van der Waals surface area contributed by atoms with Gasteiger partial charge in [0.15, 0.2) is 5.60 Å². The molecular weight excluding hydrogens is 179 g/mol. The maximum absolute atomic E-state index is 9.38. The van der Waals surface area contributed by atoms with E-state index in [9.17, 15) is 5.11 Å². The summed E-state index contributed by atoms with van der Waals surface area (Å²) in [6.45, 7) is 3.54. The molecule has 14 heavy (non-hydrogen) atoms. The van der Waals surface area contributed by atoms with Gasteiger partial charge in [-0.2, -0.15) is 0 Å². The van der Waals surface area contributed by atoms with Crippen LogP contribution in [-0.4, -0.2) is 48.6 Å². The molecule has 0 aromatic carbocycles.